The van der Waals surface area contributed by atoms with Gasteiger partial charge in [0.05, 0.1) is 16.8 Å². The van der Waals surface area contributed by atoms with Gasteiger partial charge in [-0.15, -0.1) is 0 Å². The van der Waals surface area contributed by atoms with Gasteiger partial charge in [0.1, 0.15) is 11.4 Å². The molecule has 0 aliphatic carbocycles. The van der Waals surface area contributed by atoms with E-state index < -0.39 is 0 Å². The lowest BCUT2D eigenvalue weighted by Crippen LogP contribution is -2.36. The third-order valence-electron chi connectivity index (χ3n) is 3.20. The van der Waals surface area contributed by atoms with Gasteiger partial charge in [0, 0.05) is 20.1 Å². The van der Waals surface area contributed by atoms with Gasteiger partial charge in [-0.1, -0.05) is 11.8 Å². The monoisotopic (exact) mass is 293 g/mol. The maximum Gasteiger partial charge on any atom is 0.235 e. The van der Waals surface area contributed by atoms with Crippen LogP contribution < -0.4 is 0 Å². The van der Waals surface area contributed by atoms with Crippen LogP contribution in [0.4, 0.5) is 0 Å². The number of fused-ring (bicyclic) bond motifs is 1. The second kappa shape index (κ2) is 6.21. The van der Waals surface area contributed by atoms with Gasteiger partial charge in [0.25, 0.3) is 0 Å². The van der Waals surface area contributed by atoms with Crippen molar-refractivity contribution in [2.24, 2.45) is 7.05 Å². The van der Waals surface area contributed by atoms with Gasteiger partial charge in [0.15, 0.2) is 5.65 Å². The Morgan fingerprint density at radius 1 is 1.40 bits per heavy atom. The first kappa shape index (κ1) is 14.8. The predicted octanol–water partition coefficient (Wildman–Crippen LogP) is 1.71. The molecule has 2 heterocycles. The number of hydrogen-bond acceptors (Lipinski definition) is 5. The molecule has 0 bridgehead atoms. The number of amides is 1. The van der Waals surface area contributed by atoms with Crippen LogP contribution in [-0.2, 0) is 11.8 Å². The maximum absolute atomic E-state index is 12.3. The van der Waals surface area contributed by atoms with Crippen molar-refractivity contribution in [3.63, 3.8) is 0 Å². The molecule has 0 aliphatic rings. The molecular weight excluding hydrogens is 274 g/mol. The van der Waals surface area contributed by atoms with E-state index in [4.69, 9.17) is 0 Å². The van der Waals surface area contributed by atoms with E-state index in [1.807, 2.05) is 32.7 Å². The zero-order valence-electron chi connectivity index (χ0n) is 12.2. The van der Waals surface area contributed by atoms with Crippen LogP contribution in [0.1, 0.15) is 20.8 Å². The Balaban J connectivity index is 2.22. The largest absolute Gasteiger partial charge is 0.342 e. The lowest BCUT2D eigenvalue weighted by molar-refractivity contribution is -0.129. The minimum absolute atomic E-state index is 0.135. The van der Waals surface area contributed by atoms with Crippen molar-refractivity contribution in [1.82, 2.24) is 24.6 Å². The van der Waals surface area contributed by atoms with Gasteiger partial charge >= 0.3 is 0 Å². The summed E-state index contributed by atoms with van der Waals surface area (Å²) in [5, 5.41) is 5.70. The summed E-state index contributed by atoms with van der Waals surface area (Å²) in [6.45, 7) is 7.35. The first-order valence-corrected chi connectivity index (χ1v) is 7.54. The van der Waals surface area contributed by atoms with Crippen molar-refractivity contribution >= 4 is 28.7 Å². The molecule has 2 rings (SSSR count). The Morgan fingerprint density at radius 2 is 2.10 bits per heavy atom. The number of thioether (sulfide) groups is 1. The fraction of sp³-hybridized carbons (Fsp3) is 0.538. The third kappa shape index (κ3) is 2.77. The molecule has 0 aromatic carbocycles. The van der Waals surface area contributed by atoms with Crippen molar-refractivity contribution in [2.75, 3.05) is 13.1 Å². The number of nitrogens with zero attached hydrogens (tertiary/aromatic N) is 5. The topological polar surface area (TPSA) is 63.9 Å². The number of carbonyl (C=O) groups excluding carboxylic acids is 1. The van der Waals surface area contributed by atoms with Crippen molar-refractivity contribution in [1.29, 1.82) is 0 Å². The molecule has 0 radical (unpaired) electrons. The first-order valence-electron chi connectivity index (χ1n) is 6.66. The average molecular weight is 293 g/mol. The van der Waals surface area contributed by atoms with E-state index in [0.29, 0.717) is 0 Å². The van der Waals surface area contributed by atoms with Gasteiger partial charge in [-0.2, -0.15) is 5.10 Å². The van der Waals surface area contributed by atoms with Crippen LogP contribution in [-0.4, -0.2) is 48.9 Å². The summed E-state index contributed by atoms with van der Waals surface area (Å²) in [5.74, 6) is 0.135. The van der Waals surface area contributed by atoms with E-state index in [1.165, 1.54) is 18.1 Å². The van der Waals surface area contributed by atoms with Crippen LogP contribution in [0.5, 0.6) is 0 Å². The highest BCUT2D eigenvalue weighted by atomic mass is 32.2. The second-order valence-electron chi connectivity index (χ2n) is 4.45. The maximum atomic E-state index is 12.3. The molecule has 1 unspecified atom stereocenters. The second-order valence-corrected chi connectivity index (χ2v) is 5.78. The summed E-state index contributed by atoms with van der Waals surface area (Å²) >= 11 is 1.46. The molecule has 0 aliphatic heterocycles. The minimum atomic E-state index is -0.173. The highest BCUT2D eigenvalue weighted by Gasteiger charge is 2.21. The van der Waals surface area contributed by atoms with Crippen molar-refractivity contribution < 1.29 is 4.79 Å². The molecular formula is C13H19N5OS. The molecule has 0 saturated carbocycles. The van der Waals surface area contributed by atoms with E-state index in [2.05, 4.69) is 15.1 Å². The molecule has 20 heavy (non-hydrogen) atoms. The van der Waals surface area contributed by atoms with Crippen molar-refractivity contribution in [3.8, 4) is 0 Å². The highest BCUT2D eigenvalue weighted by molar-refractivity contribution is 8.00. The van der Waals surface area contributed by atoms with E-state index in [1.54, 1.807) is 10.9 Å². The molecule has 0 N–H and O–H groups in total. The van der Waals surface area contributed by atoms with E-state index >= 15 is 0 Å². The van der Waals surface area contributed by atoms with Crippen LogP contribution >= 0.6 is 11.8 Å². The predicted molar refractivity (Wildman–Crippen MR) is 79.6 cm³/mol. The molecule has 7 heteroatoms. The summed E-state index contributed by atoms with van der Waals surface area (Å²) in [6, 6.07) is 0. The van der Waals surface area contributed by atoms with Crippen LogP contribution in [0.15, 0.2) is 17.6 Å². The van der Waals surface area contributed by atoms with Crippen molar-refractivity contribution in [3.05, 3.63) is 12.5 Å². The first-order chi connectivity index (χ1) is 9.58. The van der Waals surface area contributed by atoms with E-state index in [0.717, 1.165) is 29.1 Å². The van der Waals surface area contributed by atoms with Gasteiger partial charge in [-0.25, -0.2) is 9.97 Å². The summed E-state index contributed by atoms with van der Waals surface area (Å²) in [7, 11) is 1.84. The van der Waals surface area contributed by atoms with Crippen LogP contribution in [0, 0.1) is 0 Å². The summed E-state index contributed by atoms with van der Waals surface area (Å²) in [5.41, 5.74) is 0.782. The van der Waals surface area contributed by atoms with Gasteiger partial charge in [0.2, 0.25) is 5.91 Å². The molecule has 108 valence electrons. The number of carbonyl (C=O) groups is 1. The lowest BCUT2D eigenvalue weighted by Gasteiger charge is -2.22. The Kier molecular flexibility index (Phi) is 4.59. The van der Waals surface area contributed by atoms with Crippen LogP contribution in [0.2, 0.25) is 0 Å². The number of rotatable bonds is 5. The lowest BCUT2D eigenvalue weighted by atomic mass is 10.4. The SMILES string of the molecule is CCN(CC)C(=O)C(C)Sc1ncnc2c1cnn2C. The molecule has 0 fully saturated rings. The standard InChI is InChI=1S/C13H19N5OS/c1-5-18(6-2)13(19)9(3)20-12-10-7-16-17(4)11(10)14-8-15-12/h7-9H,5-6H2,1-4H3. The molecule has 2 aromatic heterocycles. The summed E-state index contributed by atoms with van der Waals surface area (Å²) in [6.07, 6.45) is 3.26. The summed E-state index contributed by atoms with van der Waals surface area (Å²) < 4.78 is 1.71. The molecule has 0 saturated heterocycles. The van der Waals surface area contributed by atoms with Gasteiger partial charge in [-0.3, -0.25) is 9.48 Å². The van der Waals surface area contributed by atoms with Gasteiger partial charge < -0.3 is 4.90 Å². The number of aromatic nitrogens is 4. The fourth-order valence-electron chi connectivity index (χ4n) is 2.04. The van der Waals surface area contributed by atoms with E-state index in [9.17, 15) is 4.79 Å². The molecule has 0 spiro atoms. The molecule has 1 atom stereocenters. The smallest absolute Gasteiger partial charge is 0.235 e. The molecule has 2 aromatic rings. The quantitative estimate of drug-likeness (QED) is 0.620. The average Bonchev–Trinajstić information content (AvgIpc) is 2.83. The van der Waals surface area contributed by atoms with Crippen LogP contribution in [0.25, 0.3) is 11.0 Å². The summed E-state index contributed by atoms with van der Waals surface area (Å²) in [4.78, 5) is 22.6. The normalized spacial score (nSPS) is 12.6. The number of aryl methyl sites for hydroxylation is 1. The third-order valence-corrected chi connectivity index (χ3v) is 4.31. The fourth-order valence-corrected chi connectivity index (χ4v) is 3.01. The minimum Gasteiger partial charge on any atom is -0.342 e. The number of hydrogen-bond donors (Lipinski definition) is 0. The van der Waals surface area contributed by atoms with Crippen LogP contribution in [0.3, 0.4) is 0 Å². The zero-order valence-corrected chi connectivity index (χ0v) is 13.0. The molecule has 6 nitrogen and oxygen atoms in total. The zero-order chi connectivity index (χ0) is 14.7. The van der Waals surface area contributed by atoms with E-state index in [-0.39, 0.29) is 11.2 Å². The molecule has 1 amide bonds. The Labute approximate surface area is 122 Å². The Hall–Kier alpha value is -1.63. The van der Waals surface area contributed by atoms with Crippen molar-refractivity contribution in [2.45, 2.75) is 31.0 Å². The Bertz CT molecular complexity index is 608. The highest BCUT2D eigenvalue weighted by Crippen LogP contribution is 2.28. The van der Waals surface area contributed by atoms with Gasteiger partial charge in [-0.05, 0) is 20.8 Å². The Morgan fingerprint density at radius 3 is 2.75 bits per heavy atom.